The molecule has 0 unspecified atom stereocenters. The van der Waals surface area contributed by atoms with Crippen LogP contribution in [0, 0.1) is 16.7 Å². The van der Waals surface area contributed by atoms with Gasteiger partial charge in [-0.2, -0.15) is 5.26 Å². The molecule has 0 heterocycles. The molecule has 0 aliphatic carbocycles. The third-order valence-corrected chi connectivity index (χ3v) is 1.76. The lowest BCUT2D eigenvalue weighted by molar-refractivity contribution is 0.279. The van der Waals surface area contributed by atoms with Crippen molar-refractivity contribution >= 4 is 0 Å². The van der Waals surface area contributed by atoms with Crippen LogP contribution < -0.4 is 0 Å². The van der Waals surface area contributed by atoms with Crippen LogP contribution in [-0.2, 0) is 0 Å². The maximum atomic E-state index is 8.65. The minimum absolute atomic E-state index is 0.185. The first-order valence-electron chi connectivity index (χ1n) is 4.14. The van der Waals surface area contributed by atoms with Crippen LogP contribution in [0.25, 0.3) is 0 Å². The molecule has 0 aliphatic heterocycles. The number of rotatable bonds is 5. The van der Waals surface area contributed by atoms with Gasteiger partial charge < -0.3 is 5.11 Å². The molecule has 64 valence electrons. The van der Waals surface area contributed by atoms with Gasteiger partial charge in [0.15, 0.2) is 0 Å². The van der Waals surface area contributed by atoms with Crippen molar-refractivity contribution in [1.29, 1.82) is 5.26 Å². The lowest BCUT2D eigenvalue weighted by atomic mass is 9.89. The Kier molecular flexibility index (Phi) is 4.89. The topological polar surface area (TPSA) is 44.0 Å². The number of hydrogen-bond donors (Lipinski definition) is 1. The summed E-state index contributed by atoms with van der Waals surface area (Å²) in [5.74, 6) is 0. The third-order valence-electron chi connectivity index (χ3n) is 1.76. The van der Waals surface area contributed by atoms with E-state index in [-0.39, 0.29) is 12.0 Å². The smallest absolute Gasteiger partial charge is 0.0683 e. The Labute approximate surface area is 68.8 Å². The van der Waals surface area contributed by atoms with Gasteiger partial charge in [-0.05, 0) is 26.7 Å². The Balaban J connectivity index is 3.32. The molecular weight excluding hydrogens is 138 g/mol. The van der Waals surface area contributed by atoms with E-state index in [4.69, 9.17) is 10.4 Å². The molecular formula is C9H17NO. The van der Waals surface area contributed by atoms with E-state index < -0.39 is 0 Å². The Hall–Kier alpha value is -0.550. The van der Waals surface area contributed by atoms with Crippen molar-refractivity contribution in [2.24, 2.45) is 5.41 Å². The number of nitriles is 1. The molecule has 1 N–H and O–H groups in total. The van der Waals surface area contributed by atoms with Gasteiger partial charge in [0.1, 0.15) is 0 Å². The molecule has 0 rings (SSSR count). The van der Waals surface area contributed by atoms with Gasteiger partial charge in [0, 0.05) is 6.61 Å². The SMILES string of the molecule is CC(C)(C#N)CCCCCO. The van der Waals surface area contributed by atoms with Gasteiger partial charge in [0.05, 0.1) is 11.5 Å². The number of unbranched alkanes of at least 4 members (excludes halogenated alkanes) is 2. The van der Waals surface area contributed by atoms with Crippen LogP contribution in [0.15, 0.2) is 0 Å². The maximum absolute atomic E-state index is 8.65. The molecule has 0 amide bonds. The van der Waals surface area contributed by atoms with Crippen LogP contribution in [0.1, 0.15) is 39.5 Å². The zero-order valence-electron chi connectivity index (χ0n) is 7.43. The minimum atomic E-state index is -0.185. The van der Waals surface area contributed by atoms with Crippen molar-refractivity contribution in [1.82, 2.24) is 0 Å². The normalized spacial score (nSPS) is 11.1. The molecule has 2 heteroatoms. The maximum Gasteiger partial charge on any atom is 0.0683 e. The Morgan fingerprint density at radius 1 is 1.27 bits per heavy atom. The average Bonchev–Trinajstić information content (AvgIpc) is 1.99. The molecule has 0 fully saturated rings. The first-order valence-corrected chi connectivity index (χ1v) is 4.14. The van der Waals surface area contributed by atoms with Crippen LogP contribution in [0.2, 0.25) is 0 Å². The molecule has 0 bridgehead atoms. The monoisotopic (exact) mass is 155 g/mol. The summed E-state index contributed by atoms with van der Waals surface area (Å²) >= 11 is 0. The van der Waals surface area contributed by atoms with E-state index in [0.29, 0.717) is 0 Å². The van der Waals surface area contributed by atoms with Crippen LogP contribution in [0.3, 0.4) is 0 Å². The highest BCUT2D eigenvalue weighted by atomic mass is 16.2. The largest absolute Gasteiger partial charge is 0.396 e. The number of nitrogens with zero attached hydrogens (tertiary/aromatic N) is 1. The summed E-state index contributed by atoms with van der Waals surface area (Å²) in [4.78, 5) is 0. The molecule has 0 saturated heterocycles. The third kappa shape index (κ3) is 5.87. The fourth-order valence-electron chi connectivity index (χ4n) is 0.911. The van der Waals surface area contributed by atoms with Crippen molar-refractivity contribution in [3.05, 3.63) is 0 Å². The Morgan fingerprint density at radius 3 is 2.36 bits per heavy atom. The van der Waals surface area contributed by atoms with Gasteiger partial charge in [-0.25, -0.2) is 0 Å². The van der Waals surface area contributed by atoms with Crippen molar-refractivity contribution < 1.29 is 5.11 Å². The fraction of sp³-hybridized carbons (Fsp3) is 0.889. The second-order valence-electron chi connectivity index (χ2n) is 3.53. The van der Waals surface area contributed by atoms with Crippen LogP contribution in [-0.4, -0.2) is 11.7 Å². The van der Waals surface area contributed by atoms with E-state index >= 15 is 0 Å². The molecule has 2 nitrogen and oxygen atoms in total. The highest BCUT2D eigenvalue weighted by Crippen LogP contribution is 2.21. The molecule has 0 atom stereocenters. The summed E-state index contributed by atoms with van der Waals surface area (Å²) in [6.45, 7) is 4.17. The standard InChI is InChI=1S/C9H17NO/c1-9(2,8-10)6-4-3-5-7-11/h11H,3-7H2,1-2H3. The first kappa shape index (κ1) is 10.4. The predicted octanol–water partition coefficient (Wildman–Crippen LogP) is 2.09. The summed E-state index contributed by atoms with van der Waals surface area (Å²) in [7, 11) is 0. The van der Waals surface area contributed by atoms with Crippen LogP contribution in [0.5, 0.6) is 0 Å². The molecule has 0 aromatic heterocycles. The average molecular weight is 155 g/mol. The van der Waals surface area contributed by atoms with Crippen molar-refractivity contribution in [2.45, 2.75) is 39.5 Å². The van der Waals surface area contributed by atoms with Crippen LogP contribution >= 0.6 is 0 Å². The summed E-state index contributed by atoms with van der Waals surface area (Å²) in [5, 5.41) is 17.1. The quantitative estimate of drug-likeness (QED) is 0.618. The van der Waals surface area contributed by atoms with Crippen molar-refractivity contribution in [3.63, 3.8) is 0 Å². The predicted molar refractivity (Wildman–Crippen MR) is 44.9 cm³/mol. The molecule has 0 aliphatic rings. The highest BCUT2D eigenvalue weighted by Gasteiger charge is 2.14. The van der Waals surface area contributed by atoms with E-state index in [9.17, 15) is 0 Å². The summed E-state index contributed by atoms with van der Waals surface area (Å²) in [5.41, 5.74) is -0.185. The van der Waals surface area contributed by atoms with E-state index in [2.05, 4.69) is 6.07 Å². The molecule has 0 aromatic rings. The lowest BCUT2D eigenvalue weighted by Crippen LogP contribution is -2.07. The van der Waals surface area contributed by atoms with Gasteiger partial charge in [-0.1, -0.05) is 12.8 Å². The van der Waals surface area contributed by atoms with Gasteiger partial charge >= 0.3 is 0 Å². The zero-order chi connectivity index (χ0) is 8.74. The second-order valence-corrected chi connectivity index (χ2v) is 3.53. The van der Waals surface area contributed by atoms with Gasteiger partial charge in [-0.3, -0.25) is 0 Å². The highest BCUT2D eigenvalue weighted by molar-refractivity contribution is 4.91. The Bertz CT molecular complexity index is 135. The Morgan fingerprint density at radius 2 is 1.91 bits per heavy atom. The lowest BCUT2D eigenvalue weighted by Gasteiger charge is -2.13. The first-order chi connectivity index (χ1) is 5.12. The second kappa shape index (κ2) is 5.15. The molecule has 0 radical (unpaired) electrons. The zero-order valence-corrected chi connectivity index (χ0v) is 7.43. The van der Waals surface area contributed by atoms with E-state index in [1.165, 1.54) is 0 Å². The van der Waals surface area contributed by atoms with E-state index in [1.807, 2.05) is 13.8 Å². The summed E-state index contributed by atoms with van der Waals surface area (Å²) in [6.07, 6.45) is 3.87. The summed E-state index contributed by atoms with van der Waals surface area (Å²) < 4.78 is 0. The molecule has 11 heavy (non-hydrogen) atoms. The number of aliphatic hydroxyl groups excluding tert-OH is 1. The number of hydrogen-bond acceptors (Lipinski definition) is 2. The summed E-state index contributed by atoms with van der Waals surface area (Å²) in [6, 6.07) is 2.26. The minimum Gasteiger partial charge on any atom is -0.396 e. The molecule has 0 spiro atoms. The van der Waals surface area contributed by atoms with E-state index in [1.54, 1.807) is 0 Å². The van der Waals surface area contributed by atoms with Gasteiger partial charge in [0.2, 0.25) is 0 Å². The van der Waals surface area contributed by atoms with E-state index in [0.717, 1.165) is 25.7 Å². The van der Waals surface area contributed by atoms with Gasteiger partial charge in [-0.15, -0.1) is 0 Å². The van der Waals surface area contributed by atoms with Crippen molar-refractivity contribution in [3.8, 4) is 6.07 Å². The van der Waals surface area contributed by atoms with Crippen LogP contribution in [0.4, 0.5) is 0 Å². The number of aliphatic hydroxyl groups is 1. The van der Waals surface area contributed by atoms with Crippen molar-refractivity contribution in [2.75, 3.05) is 6.61 Å². The molecule has 0 aromatic carbocycles. The fourth-order valence-corrected chi connectivity index (χ4v) is 0.911. The molecule has 0 saturated carbocycles. The van der Waals surface area contributed by atoms with Gasteiger partial charge in [0.25, 0.3) is 0 Å².